The fourth-order valence-corrected chi connectivity index (χ4v) is 3.51. The number of rotatable bonds is 5. The molecule has 0 aromatic heterocycles. The van der Waals surface area contributed by atoms with E-state index in [-0.39, 0.29) is 4.90 Å². The van der Waals surface area contributed by atoms with Gasteiger partial charge in [-0.3, -0.25) is 4.72 Å². The molecule has 0 radical (unpaired) electrons. The Morgan fingerprint density at radius 1 is 0.957 bits per heavy atom. The number of hydrogen-bond donors (Lipinski definition) is 1. The fraction of sp³-hybridized carbons (Fsp3) is 0.0667. The van der Waals surface area contributed by atoms with Crippen molar-refractivity contribution >= 4 is 21.8 Å². The molecule has 0 atom stereocenters. The van der Waals surface area contributed by atoms with Gasteiger partial charge in [-0.15, -0.1) is 0 Å². The molecule has 2 rings (SSSR count). The largest absolute Gasteiger partial charge is 0.432 e. The molecule has 0 heterocycles. The zero-order chi connectivity index (χ0) is 16.9. The summed E-state index contributed by atoms with van der Waals surface area (Å²) in [6.45, 7) is 0. The molecular weight excluding hydrogens is 347 g/mol. The van der Waals surface area contributed by atoms with E-state index in [1.165, 1.54) is 24.3 Å². The van der Waals surface area contributed by atoms with Crippen LogP contribution in [0.25, 0.3) is 0 Å². The van der Waals surface area contributed by atoms with E-state index in [9.17, 15) is 21.6 Å². The summed E-state index contributed by atoms with van der Waals surface area (Å²) < 4.78 is 64.9. The Labute approximate surface area is 136 Å². The smallest absolute Gasteiger partial charge is 0.274 e. The third kappa shape index (κ3) is 5.04. The molecule has 122 valence electrons. The van der Waals surface area contributed by atoms with Gasteiger partial charge in [0.15, 0.2) is 0 Å². The third-order valence-corrected chi connectivity index (χ3v) is 4.94. The average Bonchev–Trinajstić information content (AvgIpc) is 2.52. The summed E-state index contributed by atoms with van der Waals surface area (Å²) in [6, 6.07) is 15.2. The molecular formula is C15H12F3NO2S2. The highest BCUT2D eigenvalue weighted by molar-refractivity contribution is 8.02. The van der Waals surface area contributed by atoms with Gasteiger partial charge < -0.3 is 0 Å². The second-order valence-corrected chi connectivity index (χ2v) is 7.00. The van der Waals surface area contributed by atoms with Crippen LogP contribution < -0.4 is 4.72 Å². The lowest BCUT2D eigenvalue weighted by Gasteiger charge is -2.14. The van der Waals surface area contributed by atoms with Crippen molar-refractivity contribution in [2.45, 2.75) is 16.0 Å². The molecule has 0 spiro atoms. The minimum absolute atomic E-state index is 0.236. The van der Waals surface area contributed by atoms with E-state index in [4.69, 9.17) is 0 Å². The van der Waals surface area contributed by atoms with E-state index in [0.717, 1.165) is 17.2 Å². The van der Waals surface area contributed by atoms with Crippen LogP contribution in [-0.2, 0) is 10.0 Å². The molecule has 0 bridgehead atoms. The number of halogens is 3. The van der Waals surface area contributed by atoms with Crippen molar-refractivity contribution in [3.63, 3.8) is 0 Å². The number of nitrogens with one attached hydrogen (secondary N) is 1. The summed E-state index contributed by atoms with van der Waals surface area (Å²) in [7, 11) is -4.30. The molecule has 0 aliphatic heterocycles. The van der Waals surface area contributed by atoms with Gasteiger partial charge in [0.2, 0.25) is 0 Å². The lowest BCUT2D eigenvalue weighted by molar-refractivity contribution is -0.0942. The first kappa shape index (κ1) is 17.4. The van der Waals surface area contributed by atoms with Crippen molar-refractivity contribution in [3.8, 4) is 0 Å². The van der Waals surface area contributed by atoms with Crippen LogP contribution in [0.2, 0.25) is 0 Å². The van der Waals surface area contributed by atoms with Crippen molar-refractivity contribution < 1.29 is 21.6 Å². The second kappa shape index (κ2) is 7.10. The van der Waals surface area contributed by atoms with E-state index in [1.54, 1.807) is 41.1 Å². The van der Waals surface area contributed by atoms with Crippen molar-refractivity contribution in [2.24, 2.45) is 0 Å². The van der Waals surface area contributed by atoms with Crippen molar-refractivity contribution in [1.29, 1.82) is 0 Å². The van der Waals surface area contributed by atoms with Gasteiger partial charge in [-0.25, -0.2) is 8.42 Å². The Bertz CT molecular complexity index is 773. The van der Waals surface area contributed by atoms with Crippen LogP contribution >= 0.6 is 11.8 Å². The van der Waals surface area contributed by atoms with Crippen LogP contribution in [0.5, 0.6) is 0 Å². The summed E-state index contributed by atoms with van der Waals surface area (Å²) in [4.78, 5) is 0.327. The lowest BCUT2D eigenvalue weighted by Crippen LogP contribution is -2.31. The predicted octanol–water partition coefficient (Wildman–Crippen LogP) is 4.16. The van der Waals surface area contributed by atoms with E-state index in [2.05, 4.69) is 0 Å². The van der Waals surface area contributed by atoms with Crippen LogP contribution in [-0.4, -0.2) is 14.6 Å². The molecule has 1 N–H and O–H groups in total. The van der Waals surface area contributed by atoms with Gasteiger partial charge in [0.1, 0.15) is 5.70 Å². The van der Waals surface area contributed by atoms with E-state index in [1.807, 2.05) is 0 Å². The lowest BCUT2D eigenvalue weighted by atomic mass is 10.4. The zero-order valence-electron chi connectivity index (χ0n) is 11.6. The molecule has 0 aliphatic carbocycles. The molecule has 0 amide bonds. The topological polar surface area (TPSA) is 46.2 Å². The van der Waals surface area contributed by atoms with Gasteiger partial charge in [-0.05, 0) is 24.3 Å². The van der Waals surface area contributed by atoms with Gasteiger partial charge in [0.05, 0.1) is 4.90 Å². The molecule has 0 saturated carbocycles. The predicted molar refractivity (Wildman–Crippen MR) is 83.2 cm³/mol. The Morgan fingerprint density at radius 3 is 2.00 bits per heavy atom. The van der Waals surface area contributed by atoms with E-state index in [0.29, 0.717) is 4.90 Å². The van der Waals surface area contributed by atoms with Gasteiger partial charge in [-0.2, -0.15) is 13.2 Å². The number of alkyl halides is 3. The molecule has 23 heavy (non-hydrogen) atoms. The van der Waals surface area contributed by atoms with Crippen LogP contribution in [0.3, 0.4) is 0 Å². The molecule has 8 heteroatoms. The maximum atomic E-state index is 13.1. The number of benzene rings is 2. The van der Waals surface area contributed by atoms with E-state index >= 15 is 0 Å². The van der Waals surface area contributed by atoms with Gasteiger partial charge in [0, 0.05) is 10.3 Å². The summed E-state index contributed by atoms with van der Waals surface area (Å²) in [5.41, 5.74) is -1.34. The normalized spacial score (nSPS) is 12.9. The van der Waals surface area contributed by atoms with Gasteiger partial charge in [-0.1, -0.05) is 48.2 Å². The minimum Gasteiger partial charge on any atom is -0.274 e. The highest BCUT2D eigenvalue weighted by atomic mass is 32.2. The summed E-state index contributed by atoms with van der Waals surface area (Å²) in [5, 5.41) is 0.746. The first-order valence-corrected chi connectivity index (χ1v) is 8.72. The van der Waals surface area contributed by atoms with Crippen molar-refractivity contribution in [2.75, 3.05) is 0 Å². The van der Waals surface area contributed by atoms with Crippen molar-refractivity contribution in [3.05, 3.63) is 71.8 Å². The number of hydrogen-bond acceptors (Lipinski definition) is 3. The summed E-state index contributed by atoms with van der Waals surface area (Å²) >= 11 is 0.782. The zero-order valence-corrected chi connectivity index (χ0v) is 13.3. The molecule has 0 fully saturated rings. The Hall–Kier alpha value is -1.93. The Balaban J connectivity index is 2.26. The molecule has 0 unspecified atom stereocenters. The van der Waals surface area contributed by atoms with E-state index < -0.39 is 21.9 Å². The first-order chi connectivity index (χ1) is 10.8. The molecule has 2 aromatic rings. The maximum Gasteiger partial charge on any atom is 0.432 e. The summed E-state index contributed by atoms with van der Waals surface area (Å²) in [5.74, 6) is 0. The van der Waals surface area contributed by atoms with Crippen LogP contribution in [0.1, 0.15) is 0 Å². The third-order valence-electron chi connectivity index (χ3n) is 2.66. The average molecular weight is 359 g/mol. The quantitative estimate of drug-likeness (QED) is 0.816. The Kier molecular flexibility index (Phi) is 5.38. The highest BCUT2D eigenvalue weighted by Crippen LogP contribution is 2.29. The molecule has 0 saturated heterocycles. The molecule has 3 nitrogen and oxygen atoms in total. The molecule has 0 aliphatic rings. The van der Waals surface area contributed by atoms with Gasteiger partial charge in [0.25, 0.3) is 10.0 Å². The minimum atomic E-state index is -4.82. The monoisotopic (exact) mass is 359 g/mol. The standard InChI is InChI=1S/C15H12F3NO2S2/c16-15(17,18)14(11-22-12-7-3-1-4-8-12)19-23(20,21)13-9-5-2-6-10-13/h1-11,19H/b14-11-. The first-order valence-electron chi connectivity index (χ1n) is 6.36. The van der Waals surface area contributed by atoms with Crippen molar-refractivity contribution in [1.82, 2.24) is 4.72 Å². The number of allylic oxidation sites excluding steroid dienone is 1. The van der Waals surface area contributed by atoms with Crippen LogP contribution in [0.15, 0.2) is 81.6 Å². The van der Waals surface area contributed by atoms with Gasteiger partial charge >= 0.3 is 6.18 Å². The second-order valence-electron chi connectivity index (χ2n) is 4.38. The molecule has 2 aromatic carbocycles. The number of sulfonamides is 1. The fourth-order valence-electron chi connectivity index (χ4n) is 1.58. The summed E-state index contributed by atoms with van der Waals surface area (Å²) in [6.07, 6.45) is -4.82. The van der Waals surface area contributed by atoms with Crippen LogP contribution in [0, 0.1) is 0 Å². The SMILES string of the molecule is O=S(=O)(N/C(=C\Sc1ccccc1)C(F)(F)F)c1ccccc1. The number of thioether (sulfide) groups is 1. The highest BCUT2D eigenvalue weighted by Gasteiger charge is 2.36. The maximum absolute atomic E-state index is 13.1. The Morgan fingerprint density at radius 2 is 1.48 bits per heavy atom. The van der Waals surface area contributed by atoms with Crippen LogP contribution in [0.4, 0.5) is 13.2 Å².